The van der Waals surface area contributed by atoms with E-state index in [1.54, 1.807) is 20.5 Å². The van der Waals surface area contributed by atoms with Gasteiger partial charge in [0, 0.05) is 29.4 Å². The van der Waals surface area contributed by atoms with Gasteiger partial charge in [0.1, 0.15) is 6.33 Å². The Morgan fingerprint density at radius 1 is 1.28 bits per heavy atom. The third-order valence-corrected chi connectivity index (χ3v) is 3.20. The molecular weight excluding hydrogens is 254 g/mol. The third-order valence-electron chi connectivity index (χ3n) is 2.34. The molecule has 0 bridgehead atoms. The SMILES string of the molecule is COc1ncnc(OC)c1CNCCCS(C)=O. The molecule has 1 aromatic heterocycles. The van der Waals surface area contributed by atoms with E-state index in [0.717, 1.165) is 18.5 Å². The second-order valence-corrected chi connectivity index (χ2v) is 5.23. The summed E-state index contributed by atoms with van der Waals surface area (Å²) >= 11 is 0. The fourth-order valence-corrected chi connectivity index (χ4v) is 2.05. The molecule has 0 spiro atoms. The zero-order chi connectivity index (χ0) is 13.4. The summed E-state index contributed by atoms with van der Waals surface area (Å²) in [5, 5.41) is 3.23. The maximum Gasteiger partial charge on any atom is 0.224 e. The van der Waals surface area contributed by atoms with Crippen LogP contribution < -0.4 is 14.8 Å². The van der Waals surface area contributed by atoms with Gasteiger partial charge in [0.15, 0.2) is 0 Å². The van der Waals surface area contributed by atoms with Crippen molar-refractivity contribution in [2.45, 2.75) is 13.0 Å². The van der Waals surface area contributed by atoms with Crippen molar-refractivity contribution in [2.75, 3.05) is 32.8 Å². The Balaban J connectivity index is 2.52. The minimum atomic E-state index is -0.740. The number of aromatic nitrogens is 2. The smallest absolute Gasteiger partial charge is 0.224 e. The Labute approximate surface area is 110 Å². The molecule has 6 nitrogen and oxygen atoms in total. The monoisotopic (exact) mass is 273 g/mol. The van der Waals surface area contributed by atoms with Crippen molar-refractivity contribution in [1.29, 1.82) is 0 Å². The number of rotatable bonds is 8. The van der Waals surface area contributed by atoms with Crippen LogP contribution in [0, 0.1) is 0 Å². The van der Waals surface area contributed by atoms with Gasteiger partial charge >= 0.3 is 0 Å². The van der Waals surface area contributed by atoms with E-state index in [1.165, 1.54) is 6.33 Å². The summed E-state index contributed by atoms with van der Waals surface area (Å²) < 4.78 is 21.2. The molecule has 1 rings (SSSR count). The van der Waals surface area contributed by atoms with Crippen molar-refractivity contribution in [3.05, 3.63) is 11.9 Å². The molecule has 0 aliphatic heterocycles. The van der Waals surface area contributed by atoms with Crippen LogP contribution in [0.15, 0.2) is 6.33 Å². The van der Waals surface area contributed by atoms with Gasteiger partial charge in [-0.15, -0.1) is 0 Å². The van der Waals surface area contributed by atoms with Crippen molar-refractivity contribution in [2.24, 2.45) is 0 Å². The molecule has 0 aliphatic carbocycles. The van der Waals surface area contributed by atoms with Gasteiger partial charge in [0.2, 0.25) is 11.8 Å². The molecule has 0 saturated carbocycles. The zero-order valence-electron chi connectivity index (χ0n) is 10.9. The predicted octanol–water partition coefficient (Wildman–Crippen LogP) is 0.352. The second-order valence-electron chi connectivity index (χ2n) is 3.68. The fraction of sp³-hybridized carbons (Fsp3) is 0.636. The van der Waals surface area contributed by atoms with E-state index in [-0.39, 0.29) is 0 Å². The van der Waals surface area contributed by atoms with Crippen LogP contribution in [0.1, 0.15) is 12.0 Å². The number of hydrogen-bond acceptors (Lipinski definition) is 6. The number of nitrogens with one attached hydrogen (secondary N) is 1. The fourth-order valence-electron chi connectivity index (χ4n) is 1.50. The summed E-state index contributed by atoms with van der Waals surface area (Å²) in [5.74, 6) is 1.72. The molecule has 1 heterocycles. The van der Waals surface area contributed by atoms with E-state index in [2.05, 4.69) is 15.3 Å². The van der Waals surface area contributed by atoms with Gasteiger partial charge in [-0.05, 0) is 13.0 Å². The first-order valence-electron chi connectivity index (χ1n) is 5.61. The molecule has 18 heavy (non-hydrogen) atoms. The average Bonchev–Trinajstić information content (AvgIpc) is 2.37. The number of hydrogen-bond donors (Lipinski definition) is 1. The maximum atomic E-state index is 10.9. The first-order chi connectivity index (χ1) is 8.69. The molecular formula is C11H19N3O3S. The summed E-state index contributed by atoms with van der Waals surface area (Å²) in [6, 6.07) is 0. The van der Waals surface area contributed by atoms with Gasteiger partial charge in [-0.25, -0.2) is 9.97 Å². The Morgan fingerprint density at radius 2 is 1.89 bits per heavy atom. The van der Waals surface area contributed by atoms with E-state index in [0.29, 0.717) is 24.1 Å². The van der Waals surface area contributed by atoms with E-state index < -0.39 is 10.8 Å². The van der Waals surface area contributed by atoms with Crippen LogP contribution >= 0.6 is 0 Å². The number of methoxy groups -OCH3 is 2. The topological polar surface area (TPSA) is 73.3 Å². The molecule has 0 aliphatic rings. The summed E-state index contributed by atoms with van der Waals surface area (Å²) in [7, 11) is 2.38. The largest absolute Gasteiger partial charge is 0.481 e. The standard InChI is InChI=1S/C11H19N3O3S/c1-16-10-9(11(17-2)14-8-13-10)7-12-5-4-6-18(3)15/h8,12H,4-7H2,1-3H3. The Morgan fingerprint density at radius 3 is 2.39 bits per heavy atom. The van der Waals surface area contributed by atoms with Crippen molar-refractivity contribution >= 4 is 10.8 Å². The minimum Gasteiger partial charge on any atom is -0.481 e. The number of nitrogens with zero attached hydrogens (tertiary/aromatic N) is 2. The first kappa shape index (κ1) is 14.8. The molecule has 1 N–H and O–H groups in total. The summed E-state index contributed by atoms with van der Waals surface area (Å²) in [4.78, 5) is 8.06. The molecule has 1 unspecified atom stereocenters. The van der Waals surface area contributed by atoms with Crippen LogP contribution in [-0.4, -0.2) is 46.9 Å². The molecule has 0 aromatic carbocycles. The predicted molar refractivity (Wildman–Crippen MR) is 70.4 cm³/mol. The van der Waals surface area contributed by atoms with E-state index in [1.807, 2.05) is 0 Å². The first-order valence-corrected chi connectivity index (χ1v) is 7.34. The van der Waals surface area contributed by atoms with Crippen LogP contribution in [0.3, 0.4) is 0 Å². The lowest BCUT2D eigenvalue weighted by Crippen LogP contribution is -2.18. The van der Waals surface area contributed by atoms with E-state index in [9.17, 15) is 4.21 Å². The van der Waals surface area contributed by atoms with Crippen molar-refractivity contribution in [3.8, 4) is 11.8 Å². The molecule has 7 heteroatoms. The van der Waals surface area contributed by atoms with Gasteiger partial charge in [-0.1, -0.05) is 0 Å². The second kappa shape index (κ2) is 7.99. The van der Waals surface area contributed by atoms with Gasteiger partial charge < -0.3 is 14.8 Å². The van der Waals surface area contributed by atoms with Crippen LogP contribution in [0.25, 0.3) is 0 Å². The van der Waals surface area contributed by atoms with Crippen LogP contribution in [0.2, 0.25) is 0 Å². The summed E-state index contributed by atoms with van der Waals surface area (Å²) in [6.45, 7) is 1.34. The number of ether oxygens (including phenoxy) is 2. The molecule has 1 atom stereocenters. The van der Waals surface area contributed by atoms with Gasteiger partial charge in [-0.3, -0.25) is 4.21 Å². The minimum absolute atomic E-state index is 0.508. The van der Waals surface area contributed by atoms with Crippen LogP contribution in [0.4, 0.5) is 0 Å². The molecule has 102 valence electrons. The summed E-state index contributed by atoms with van der Waals surface area (Å²) in [6.07, 6.45) is 3.97. The van der Waals surface area contributed by atoms with Gasteiger partial charge in [-0.2, -0.15) is 0 Å². The molecule has 0 amide bonds. The van der Waals surface area contributed by atoms with Crippen LogP contribution in [0.5, 0.6) is 11.8 Å². The molecule has 1 aromatic rings. The van der Waals surface area contributed by atoms with E-state index >= 15 is 0 Å². The van der Waals surface area contributed by atoms with Crippen molar-refractivity contribution < 1.29 is 13.7 Å². The highest BCUT2D eigenvalue weighted by Crippen LogP contribution is 2.22. The van der Waals surface area contributed by atoms with Gasteiger partial charge in [0.25, 0.3) is 0 Å². The maximum absolute atomic E-state index is 10.9. The van der Waals surface area contributed by atoms with Crippen molar-refractivity contribution in [3.63, 3.8) is 0 Å². The lowest BCUT2D eigenvalue weighted by Gasteiger charge is -2.11. The highest BCUT2D eigenvalue weighted by molar-refractivity contribution is 7.84. The van der Waals surface area contributed by atoms with Gasteiger partial charge in [0.05, 0.1) is 19.8 Å². The zero-order valence-corrected chi connectivity index (χ0v) is 11.7. The normalized spacial score (nSPS) is 12.2. The Kier molecular flexibility index (Phi) is 6.59. The lowest BCUT2D eigenvalue weighted by molar-refractivity contribution is 0.359. The average molecular weight is 273 g/mol. The van der Waals surface area contributed by atoms with Crippen LogP contribution in [-0.2, 0) is 17.3 Å². The van der Waals surface area contributed by atoms with Crippen molar-refractivity contribution in [1.82, 2.24) is 15.3 Å². The van der Waals surface area contributed by atoms with E-state index in [4.69, 9.17) is 9.47 Å². The highest BCUT2D eigenvalue weighted by atomic mass is 32.2. The summed E-state index contributed by atoms with van der Waals surface area (Å²) in [5.41, 5.74) is 0.792. The Hall–Kier alpha value is -1.21. The lowest BCUT2D eigenvalue weighted by atomic mass is 10.3. The molecule has 0 radical (unpaired) electrons. The molecule has 0 fully saturated rings. The Bertz CT molecular complexity index is 379. The quantitative estimate of drug-likeness (QED) is 0.689. The molecule has 0 saturated heterocycles. The third kappa shape index (κ3) is 4.58. The highest BCUT2D eigenvalue weighted by Gasteiger charge is 2.11.